The minimum atomic E-state index is -0.196. The topological polar surface area (TPSA) is 123 Å². The number of amides is 1. The average molecular weight is 463 g/mol. The van der Waals surface area contributed by atoms with E-state index in [9.17, 15) is 4.79 Å². The molecule has 0 unspecified atom stereocenters. The number of carbonyl (C=O) groups excluding carboxylic acids is 1. The van der Waals surface area contributed by atoms with Gasteiger partial charge in [-0.15, -0.1) is 0 Å². The zero-order valence-electron chi connectivity index (χ0n) is 19.1. The highest BCUT2D eigenvalue weighted by Gasteiger charge is 2.23. The van der Waals surface area contributed by atoms with Crippen LogP contribution in [0.3, 0.4) is 0 Å². The minimum absolute atomic E-state index is 0.00931. The summed E-state index contributed by atoms with van der Waals surface area (Å²) in [6.45, 7) is 1.98. The van der Waals surface area contributed by atoms with Gasteiger partial charge in [0.15, 0.2) is 0 Å². The number of anilines is 2. The standard InChI is InChI=1S/C24H26N6O4/c1-25-22(31)14-3-4-18(19(11-14)32-2)28-24-29-21-20(17(13-27-21)15-5-8-26-12-15)23(30-24)34-16-6-9-33-10-7-16/h3-5,11-13,16H,6-10H2,1-2H3,(H,25,31)(H2,27,28,29,30). The molecule has 2 aliphatic rings. The highest BCUT2D eigenvalue weighted by Crippen LogP contribution is 2.35. The van der Waals surface area contributed by atoms with Gasteiger partial charge in [0.25, 0.3) is 5.91 Å². The second-order valence-electron chi connectivity index (χ2n) is 7.98. The smallest absolute Gasteiger partial charge is 0.251 e. The lowest BCUT2D eigenvalue weighted by Gasteiger charge is -2.23. The predicted molar refractivity (Wildman–Crippen MR) is 129 cm³/mol. The molecule has 2 aromatic heterocycles. The number of aromatic nitrogens is 3. The fraction of sp³-hybridized carbons (Fsp3) is 0.333. The maximum absolute atomic E-state index is 12.0. The zero-order valence-corrected chi connectivity index (χ0v) is 19.1. The van der Waals surface area contributed by atoms with Crippen molar-refractivity contribution in [3.05, 3.63) is 41.6 Å². The van der Waals surface area contributed by atoms with Crippen molar-refractivity contribution in [1.82, 2.24) is 20.3 Å². The van der Waals surface area contributed by atoms with E-state index in [-0.39, 0.29) is 12.0 Å². The van der Waals surface area contributed by atoms with Crippen LogP contribution in [0.5, 0.6) is 11.6 Å². The van der Waals surface area contributed by atoms with Gasteiger partial charge in [-0.1, -0.05) is 6.08 Å². The molecule has 3 N–H and O–H groups in total. The van der Waals surface area contributed by atoms with Gasteiger partial charge in [-0.2, -0.15) is 9.97 Å². The third-order valence-electron chi connectivity index (χ3n) is 5.84. The number of ether oxygens (including phenoxy) is 3. The van der Waals surface area contributed by atoms with Crippen LogP contribution in [-0.2, 0) is 4.74 Å². The number of carbonyl (C=O) groups is 1. The molecule has 1 saturated heterocycles. The van der Waals surface area contributed by atoms with Crippen molar-refractivity contribution < 1.29 is 19.0 Å². The van der Waals surface area contributed by atoms with Gasteiger partial charge in [0.05, 0.1) is 37.9 Å². The molecule has 176 valence electrons. The Morgan fingerprint density at radius 2 is 2.09 bits per heavy atom. The van der Waals surface area contributed by atoms with Crippen molar-refractivity contribution in [2.45, 2.75) is 18.9 Å². The highest BCUT2D eigenvalue weighted by atomic mass is 16.5. The van der Waals surface area contributed by atoms with Crippen LogP contribution in [0.1, 0.15) is 28.8 Å². The Bertz CT molecular complexity index is 1280. The van der Waals surface area contributed by atoms with E-state index in [1.165, 1.54) is 0 Å². The lowest BCUT2D eigenvalue weighted by atomic mass is 10.1. The Balaban J connectivity index is 1.53. The normalized spacial score (nSPS) is 15.9. The first-order valence-corrected chi connectivity index (χ1v) is 11.2. The summed E-state index contributed by atoms with van der Waals surface area (Å²) in [5.41, 5.74) is 3.74. The number of aliphatic imine (C=N–C) groups is 1. The largest absolute Gasteiger partial charge is 0.495 e. The van der Waals surface area contributed by atoms with Gasteiger partial charge in [0, 0.05) is 43.4 Å². The van der Waals surface area contributed by atoms with Crippen molar-refractivity contribution in [3.8, 4) is 11.6 Å². The van der Waals surface area contributed by atoms with Crippen molar-refractivity contribution >= 4 is 40.4 Å². The molecule has 0 saturated carbocycles. The first-order valence-electron chi connectivity index (χ1n) is 11.2. The maximum atomic E-state index is 12.0. The monoisotopic (exact) mass is 462 g/mol. The van der Waals surface area contributed by atoms with Gasteiger partial charge < -0.3 is 29.8 Å². The number of allylic oxidation sites excluding steroid dienone is 1. The van der Waals surface area contributed by atoms with Crippen molar-refractivity contribution in [2.75, 3.05) is 39.2 Å². The summed E-state index contributed by atoms with van der Waals surface area (Å²) in [4.78, 5) is 28.9. The first kappa shape index (κ1) is 21.9. The molecular weight excluding hydrogens is 436 g/mol. The lowest BCUT2D eigenvalue weighted by Crippen LogP contribution is -2.26. The van der Waals surface area contributed by atoms with Gasteiger partial charge in [-0.25, -0.2) is 0 Å². The number of nitrogens with zero attached hydrogens (tertiary/aromatic N) is 3. The Morgan fingerprint density at radius 3 is 2.82 bits per heavy atom. The SMILES string of the molecule is CNC(=O)c1ccc(Nc2nc(OC3CCOCC3)c3c(C4=CCN=C4)c[nH]c3n2)c(OC)c1. The fourth-order valence-corrected chi connectivity index (χ4v) is 4.06. The van der Waals surface area contributed by atoms with E-state index < -0.39 is 0 Å². The second-order valence-corrected chi connectivity index (χ2v) is 7.98. The van der Waals surface area contributed by atoms with Gasteiger partial charge in [-0.05, 0) is 23.8 Å². The van der Waals surface area contributed by atoms with E-state index in [1.54, 1.807) is 32.4 Å². The number of aromatic amines is 1. The molecule has 1 fully saturated rings. The van der Waals surface area contributed by atoms with Crippen LogP contribution in [0, 0.1) is 0 Å². The number of hydrogen-bond acceptors (Lipinski definition) is 8. The average Bonchev–Trinajstić information content (AvgIpc) is 3.54. The van der Waals surface area contributed by atoms with Crippen LogP contribution in [0.2, 0.25) is 0 Å². The number of rotatable bonds is 7. The van der Waals surface area contributed by atoms with Gasteiger partial charge in [0.1, 0.15) is 17.5 Å². The lowest BCUT2D eigenvalue weighted by molar-refractivity contribution is 0.0244. The molecule has 10 nitrogen and oxygen atoms in total. The molecule has 10 heteroatoms. The number of methoxy groups -OCH3 is 1. The first-order chi connectivity index (χ1) is 16.7. The van der Waals surface area contributed by atoms with E-state index in [0.717, 1.165) is 29.4 Å². The van der Waals surface area contributed by atoms with Crippen LogP contribution < -0.4 is 20.1 Å². The van der Waals surface area contributed by atoms with Crippen LogP contribution in [0.15, 0.2) is 35.5 Å². The second kappa shape index (κ2) is 9.52. The summed E-state index contributed by atoms with van der Waals surface area (Å²) in [7, 11) is 3.13. The molecule has 0 spiro atoms. The van der Waals surface area contributed by atoms with E-state index in [2.05, 4.69) is 31.7 Å². The molecule has 0 aliphatic carbocycles. The molecule has 2 aliphatic heterocycles. The molecule has 0 bridgehead atoms. The van der Waals surface area contributed by atoms with Crippen LogP contribution in [0.25, 0.3) is 16.6 Å². The summed E-state index contributed by atoms with van der Waals surface area (Å²) in [6.07, 6.45) is 7.43. The summed E-state index contributed by atoms with van der Waals surface area (Å²) >= 11 is 0. The Morgan fingerprint density at radius 1 is 1.24 bits per heavy atom. The van der Waals surface area contributed by atoms with Crippen molar-refractivity contribution in [3.63, 3.8) is 0 Å². The van der Waals surface area contributed by atoms with Gasteiger partial charge in [-0.3, -0.25) is 9.79 Å². The van der Waals surface area contributed by atoms with Crippen molar-refractivity contribution in [1.29, 1.82) is 0 Å². The third kappa shape index (κ3) is 4.32. The molecule has 1 amide bonds. The third-order valence-corrected chi connectivity index (χ3v) is 5.84. The number of hydrogen-bond donors (Lipinski definition) is 3. The predicted octanol–water partition coefficient (Wildman–Crippen LogP) is 3.10. The molecular formula is C24H26N6O4. The fourth-order valence-electron chi connectivity index (χ4n) is 4.06. The Kier molecular flexibility index (Phi) is 6.13. The number of H-pyrrole nitrogens is 1. The van der Waals surface area contributed by atoms with E-state index in [0.29, 0.717) is 54.2 Å². The zero-order chi connectivity index (χ0) is 23.5. The quantitative estimate of drug-likeness (QED) is 0.493. The number of benzene rings is 1. The summed E-state index contributed by atoms with van der Waals surface area (Å²) in [6, 6.07) is 5.13. The summed E-state index contributed by atoms with van der Waals surface area (Å²) in [5.74, 6) is 1.15. The van der Waals surface area contributed by atoms with Crippen molar-refractivity contribution in [2.24, 2.45) is 4.99 Å². The molecule has 0 atom stereocenters. The van der Waals surface area contributed by atoms with E-state index in [4.69, 9.17) is 19.2 Å². The van der Waals surface area contributed by atoms with Crippen LogP contribution >= 0.6 is 0 Å². The summed E-state index contributed by atoms with van der Waals surface area (Å²) < 4.78 is 17.3. The highest BCUT2D eigenvalue weighted by molar-refractivity contribution is 6.16. The Hall–Kier alpha value is -3.92. The van der Waals surface area contributed by atoms with E-state index in [1.807, 2.05) is 12.4 Å². The molecule has 4 heterocycles. The molecule has 34 heavy (non-hydrogen) atoms. The number of nitrogens with one attached hydrogen (secondary N) is 3. The van der Waals surface area contributed by atoms with E-state index >= 15 is 0 Å². The van der Waals surface area contributed by atoms with Crippen LogP contribution in [-0.4, -0.2) is 67.1 Å². The van der Waals surface area contributed by atoms with Gasteiger partial charge >= 0.3 is 0 Å². The molecule has 0 radical (unpaired) electrons. The van der Waals surface area contributed by atoms with Gasteiger partial charge in [0.2, 0.25) is 11.8 Å². The van der Waals surface area contributed by atoms with Crippen LogP contribution in [0.4, 0.5) is 11.6 Å². The number of fused-ring (bicyclic) bond motifs is 1. The molecule has 3 aromatic rings. The Labute approximate surface area is 196 Å². The summed E-state index contributed by atoms with van der Waals surface area (Å²) in [5, 5.41) is 6.64. The molecule has 1 aromatic carbocycles. The minimum Gasteiger partial charge on any atom is -0.495 e. The maximum Gasteiger partial charge on any atom is 0.251 e. The molecule has 5 rings (SSSR count).